The van der Waals surface area contributed by atoms with Crippen LogP contribution in [0, 0.1) is 0 Å². The lowest BCUT2D eigenvalue weighted by atomic mass is 10.0. The molecule has 4 heteroatoms. The van der Waals surface area contributed by atoms with Crippen molar-refractivity contribution in [3.05, 3.63) is 29.8 Å². The summed E-state index contributed by atoms with van der Waals surface area (Å²) in [6.45, 7) is 5.08. The van der Waals surface area contributed by atoms with Crippen molar-refractivity contribution < 1.29 is 14.6 Å². The third-order valence-corrected chi connectivity index (χ3v) is 3.82. The van der Waals surface area contributed by atoms with Gasteiger partial charge in [-0.15, -0.1) is 0 Å². The van der Waals surface area contributed by atoms with Crippen LogP contribution >= 0.6 is 0 Å². The molecule has 4 nitrogen and oxygen atoms in total. The highest BCUT2D eigenvalue weighted by Crippen LogP contribution is 2.20. The normalized spacial score (nSPS) is 18.6. The van der Waals surface area contributed by atoms with Crippen molar-refractivity contribution in [2.75, 3.05) is 19.8 Å². The van der Waals surface area contributed by atoms with Gasteiger partial charge in [0.1, 0.15) is 5.75 Å². The Balaban J connectivity index is 1.87. The number of carbonyl (C=O) groups excluding carboxylic acids is 1. The third kappa shape index (κ3) is 3.51. The van der Waals surface area contributed by atoms with Crippen molar-refractivity contribution in [2.24, 2.45) is 0 Å². The second-order valence-corrected chi connectivity index (χ2v) is 5.58. The number of benzene rings is 1. The molecule has 0 radical (unpaired) electrons. The molecule has 1 N–H and O–H groups in total. The van der Waals surface area contributed by atoms with Gasteiger partial charge < -0.3 is 14.7 Å². The molecule has 1 atom stereocenters. The number of aliphatic hydroxyl groups excluding tert-OH is 1. The van der Waals surface area contributed by atoms with E-state index in [1.807, 2.05) is 24.3 Å². The molecule has 1 aliphatic rings. The summed E-state index contributed by atoms with van der Waals surface area (Å²) < 4.78 is 5.53. The van der Waals surface area contributed by atoms with Gasteiger partial charge in [-0.05, 0) is 36.5 Å². The van der Waals surface area contributed by atoms with Crippen LogP contribution in [0.1, 0.15) is 38.2 Å². The molecule has 0 spiro atoms. The minimum atomic E-state index is -0.0468. The maximum Gasteiger partial charge on any atom is 0.260 e. The third-order valence-electron chi connectivity index (χ3n) is 3.82. The van der Waals surface area contributed by atoms with Gasteiger partial charge in [0.2, 0.25) is 0 Å². The zero-order chi connectivity index (χ0) is 14.5. The number of likely N-dealkylation sites (tertiary alicyclic amines) is 1. The van der Waals surface area contributed by atoms with Crippen molar-refractivity contribution in [1.29, 1.82) is 0 Å². The summed E-state index contributed by atoms with van der Waals surface area (Å²) in [5, 5.41) is 9.22. The summed E-state index contributed by atoms with van der Waals surface area (Å²) in [4.78, 5) is 13.8. The Hall–Kier alpha value is -1.55. The van der Waals surface area contributed by atoms with Gasteiger partial charge in [-0.25, -0.2) is 0 Å². The van der Waals surface area contributed by atoms with Gasteiger partial charge in [-0.2, -0.15) is 0 Å². The zero-order valence-corrected chi connectivity index (χ0v) is 12.2. The van der Waals surface area contributed by atoms with E-state index >= 15 is 0 Å². The Kier molecular flexibility index (Phi) is 5.01. The van der Waals surface area contributed by atoms with Crippen LogP contribution < -0.4 is 4.74 Å². The second kappa shape index (κ2) is 6.75. The number of ether oxygens (including phenoxy) is 1. The molecule has 1 aliphatic heterocycles. The van der Waals surface area contributed by atoms with Gasteiger partial charge in [0.05, 0.1) is 12.6 Å². The maximum absolute atomic E-state index is 12.1. The smallest absolute Gasteiger partial charge is 0.260 e. The summed E-state index contributed by atoms with van der Waals surface area (Å²) in [5.41, 5.74) is 1.25. The molecule has 1 aromatic rings. The van der Waals surface area contributed by atoms with E-state index in [9.17, 15) is 9.90 Å². The van der Waals surface area contributed by atoms with Gasteiger partial charge >= 0.3 is 0 Å². The molecule has 1 aromatic carbocycles. The number of amides is 1. The van der Waals surface area contributed by atoms with Crippen molar-refractivity contribution in [2.45, 2.75) is 38.6 Å². The second-order valence-electron chi connectivity index (χ2n) is 5.58. The lowest BCUT2D eigenvalue weighted by molar-refractivity contribution is -0.134. The van der Waals surface area contributed by atoms with Gasteiger partial charge in [-0.1, -0.05) is 26.0 Å². The Morgan fingerprint density at radius 3 is 2.70 bits per heavy atom. The van der Waals surface area contributed by atoms with Crippen LogP contribution in [0.4, 0.5) is 0 Å². The van der Waals surface area contributed by atoms with Gasteiger partial charge in [0, 0.05) is 6.54 Å². The average Bonchev–Trinajstić information content (AvgIpc) is 2.93. The number of carbonyl (C=O) groups is 1. The molecule has 0 aliphatic carbocycles. The summed E-state index contributed by atoms with van der Waals surface area (Å²) in [6.07, 6.45) is 1.84. The Labute approximate surface area is 120 Å². The van der Waals surface area contributed by atoms with Gasteiger partial charge in [-0.3, -0.25) is 4.79 Å². The van der Waals surface area contributed by atoms with Crippen molar-refractivity contribution in [3.63, 3.8) is 0 Å². The van der Waals surface area contributed by atoms with E-state index in [1.54, 1.807) is 4.90 Å². The fraction of sp³-hybridized carbons (Fsp3) is 0.562. The summed E-state index contributed by atoms with van der Waals surface area (Å²) in [5.74, 6) is 1.15. The quantitative estimate of drug-likeness (QED) is 0.897. The first-order valence-electron chi connectivity index (χ1n) is 7.25. The summed E-state index contributed by atoms with van der Waals surface area (Å²) in [6, 6.07) is 7.81. The molecule has 1 heterocycles. The molecule has 0 bridgehead atoms. The summed E-state index contributed by atoms with van der Waals surface area (Å²) >= 11 is 0. The van der Waals surface area contributed by atoms with E-state index in [0.29, 0.717) is 11.7 Å². The first-order valence-corrected chi connectivity index (χ1v) is 7.25. The first-order chi connectivity index (χ1) is 9.61. The predicted molar refractivity (Wildman–Crippen MR) is 77.8 cm³/mol. The van der Waals surface area contributed by atoms with E-state index in [1.165, 1.54) is 5.56 Å². The number of rotatable bonds is 5. The van der Waals surface area contributed by atoms with E-state index in [4.69, 9.17) is 4.74 Å². The molecule has 0 unspecified atom stereocenters. The Bertz CT molecular complexity index is 442. The monoisotopic (exact) mass is 277 g/mol. The summed E-state index contributed by atoms with van der Waals surface area (Å²) in [7, 11) is 0. The minimum absolute atomic E-state index is 0.0329. The van der Waals surface area contributed by atoms with Crippen LogP contribution in [0.5, 0.6) is 5.75 Å². The van der Waals surface area contributed by atoms with Crippen LogP contribution in [-0.2, 0) is 4.79 Å². The van der Waals surface area contributed by atoms with Crippen LogP contribution in [0.2, 0.25) is 0 Å². The van der Waals surface area contributed by atoms with E-state index in [-0.39, 0.29) is 25.2 Å². The fourth-order valence-corrected chi connectivity index (χ4v) is 2.53. The fourth-order valence-electron chi connectivity index (χ4n) is 2.53. The number of hydrogen-bond acceptors (Lipinski definition) is 3. The molecule has 0 saturated carbocycles. The molecular weight excluding hydrogens is 254 g/mol. The standard InChI is InChI=1S/C16H23NO3/c1-12(2)13-5-7-15(8-6-13)20-11-16(19)17-9-3-4-14(17)10-18/h5-8,12,14,18H,3-4,9-11H2,1-2H3/t14-/m0/s1. The highest BCUT2D eigenvalue weighted by molar-refractivity contribution is 5.78. The highest BCUT2D eigenvalue weighted by Gasteiger charge is 2.28. The van der Waals surface area contributed by atoms with Gasteiger partial charge in [0.15, 0.2) is 6.61 Å². The molecular formula is C16H23NO3. The van der Waals surface area contributed by atoms with E-state index < -0.39 is 0 Å². The molecule has 1 saturated heterocycles. The molecule has 110 valence electrons. The largest absolute Gasteiger partial charge is 0.484 e. The van der Waals surface area contributed by atoms with Crippen LogP contribution in [0.3, 0.4) is 0 Å². The maximum atomic E-state index is 12.1. The average molecular weight is 277 g/mol. The number of hydrogen-bond donors (Lipinski definition) is 1. The molecule has 20 heavy (non-hydrogen) atoms. The number of nitrogens with zero attached hydrogens (tertiary/aromatic N) is 1. The minimum Gasteiger partial charge on any atom is -0.484 e. The van der Waals surface area contributed by atoms with E-state index in [2.05, 4.69) is 13.8 Å². The molecule has 0 aromatic heterocycles. The molecule has 1 fully saturated rings. The zero-order valence-electron chi connectivity index (χ0n) is 12.2. The van der Waals surface area contributed by atoms with Crippen molar-refractivity contribution >= 4 is 5.91 Å². The molecule has 1 amide bonds. The Morgan fingerprint density at radius 1 is 1.40 bits per heavy atom. The first kappa shape index (κ1) is 14.9. The van der Waals surface area contributed by atoms with Crippen molar-refractivity contribution in [1.82, 2.24) is 4.90 Å². The van der Waals surface area contributed by atoms with Crippen LogP contribution in [0.25, 0.3) is 0 Å². The number of aliphatic hydroxyl groups is 1. The highest BCUT2D eigenvalue weighted by atomic mass is 16.5. The topological polar surface area (TPSA) is 49.8 Å². The van der Waals surface area contributed by atoms with Crippen LogP contribution in [0.15, 0.2) is 24.3 Å². The lowest BCUT2D eigenvalue weighted by Crippen LogP contribution is -2.40. The molecule has 2 rings (SSSR count). The van der Waals surface area contributed by atoms with Gasteiger partial charge in [0.25, 0.3) is 5.91 Å². The predicted octanol–water partition coefficient (Wildman–Crippen LogP) is 2.17. The van der Waals surface area contributed by atoms with Crippen LogP contribution in [-0.4, -0.2) is 41.7 Å². The lowest BCUT2D eigenvalue weighted by Gasteiger charge is -2.23. The SMILES string of the molecule is CC(C)c1ccc(OCC(=O)N2CCC[C@H]2CO)cc1. The van der Waals surface area contributed by atoms with Crippen molar-refractivity contribution in [3.8, 4) is 5.75 Å². The Morgan fingerprint density at radius 2 is 2.10 bits per heavy atom. The van der Waals surface area contributed by atoms with E-state index in [0.717, 1.165) is 19.4 Å².